The lowest BCUT2D eigenvalue weighted by Gasteiger charge is -2.21. The zero-order valence-electron chi connectivity index (χ0n) is 67.0. The van der Waals surface area contributed by atoms with E-state index >= 15 is 0 Å². The maximum Gasteiger partial charge on any atom is 0.472 e. The van der Waals surface area contributed by atoms with E-state index < -0.39 is 97.5 Å². The van der Waals surface area contributed by atoms with Crippen LogP contribution in [0.25, 0.3) is 0 Å². The van der Waals surface area contributed by atoms with Gasteiger partial charge >= 0.3 is 39.5 Å². The Morgan fingerprint density at radius 2 is 0.481 bits per heavy atom. The Kier molecular flexibility index (Phi) is 75.9. The SMILES string of the molecule is CCCCC/C=C\C/C=C\C/C=C\C/C=C\CCCC(=O)O[C@H](COC(=O)CCCCCCCCCCCCCCCCCCC)COP(=O)(O)OC[C@H](O)COP(=O)(O)OC[C@@H](COC(=O)CCCCCCCCCCCCCCCCC)OC(=O)CCCCCCCCCCCCCCCCC. The summed E-state index contributed by atoms with van der Waals surface area (Å²) in [5.74, 6) is -2.19. The first-order valence-corrected chi connectivity index (χ1v) is 45.9. The predicted octanol–water partition coefficient (Wildman–Crippen LogP) is 25.2. The molecule has 2 unspecified atom stereocenters. The summed E-state index contributed by atoms with van der Waals surface area (Å²) >= 11 is 0. The number of carbonyl (C=O) groups excluding carboxylic acids is 4. The third kappa shape index (κ3) is 77.2. The predicted molar refractivity (Wildman–Crippen MR) is 427 cm³/mol. The number of allylic oxidation sites excluding steroid dienone is 8. The smallest absolute Gasteiger partial charge is 0.462 e. The lowest BCUT2D eigenvalue weighted by atomic mass is 10.0. The van der Waals surface area contributed by atoms with E-state index in [9.17, 15) is 43.2 Å². The standard InChI is InChI=1S/C85H158O17P2/c1-5-9-13-17-21-25-29-33-37-39-43-46-50-54-58-62-66-70-83(88)96-76-81(102-85(90)72-68-64-60-56-52-48-44-40-38-34-30-26-22-18-14-10-6-2)78-100-104(93,94)98-74-79(86)73-97-103(91,92)99-77-80(101-84(89)71-67-63-59-55-51-47-42-36-32-28-24-20-16-12-8-4)75-95-82(87)69-65-61-57-53-49-45-41-35-31-27-23-19-15-11-7-3/h22,26,34,38,44,48,56,60,79-81,86H,5-21,23-25,27-33,35-37,39-43,45-47,49-55,57-59,61-78H2,1-4H3,(H,91,92)(H,93,94)/b26-22-,38-34-,48-44-,60-56-/t79-,80-,81-/m1/s1. The summed E-state index contributed by atoms with van der Waals surface area (Å²) in [5.41, 5.74) is 0. The van der Waals surface area contributed by atoms with E-state index in [2.05, 4.69) is 64.2 Å². The highest BCUT2D eigenvalue weighted by molar-refractivity contribution is 7.47. The number of rotatable bonds is 82. The van der Waals surface area contributed by atoms with Crippen molar-refractivity contribution in [2.75, 3.05) is 39.6 Å². The summed E-state index contributed by atoms with van der Waals surface area (Å²) in [4.78, 5) is 73.2. The molecule has 0 saturated carbocycles. The van der Waals surface area contributed by atoms with Crippen molar-refractivity contribution in [1.29, 1.82) is 0 Å². The number of unbranched alkanes of at least 4 members (excludes halogenated alkanes) is 48. The number of ether oxygens (including phenoxy) is 4. The van der Waals surface area contributed by atoms with Crippen LogP contribution in [0, 0.1) is 0 Å². The molecule has 104 heavy (non-hydrogen) atoms. The molecule has 0 saturated heterocycles. The second-order valence-corrected chi connectivity index (χ2v) is 32.1. The molecule has 0 aromatic rings. The van der Waals surface area contributed by atoms with Gasteiger partial charge in [-0.2, -0.15) is 0 Å². The van der Waals surface area contributed by atoms with Crippen LogP contribution in [0.5, 0.6) is 0 Å². The fraction of sp³-hybridized carbons (Fsp3) is 0.859. The molecular formula is C85H158O17P2. The molecule has 0 rings (SSSR count). The number of aliphatic hydroxyl groups excluding tert-OH is 1. The van der Waals surface area contributed by atoms with Crippen LogP contribution in [0.3, 0.4) is 0 Å². The van der Waals surface area contributed by atoms with Gasteiger partial charge in [0.1, 0.15) is 19.3 Å². The van der Waals surface area contributed by atoms with Crippen molar-refractivity contribution in [3.05, 3.63) is 48.6 Å². The Hall–Kier alpha value is -2.98. The molecule has 610 valence electrons. The Labute approximate surface area is 636 Å². The zero-order valence-corrected chi connectivity index (χ0v) is 68.8. The molecule has 0 radical (unpaired) electrons. The fourth-order valence-corrected chi connectivity index (χ4v) is 13.9. The summed E-state index contributed by atoms with van der Waals surface area (Å²) in [7, 11) is -9.96. The maximum atomic E-state index is 13.1. The number of esters is 4. The molecule has 0 aromatic carbocycles. The van der Waals surface area contributed by atoms with Crippen molar-refractivity contribution in [2.24, 2.45) is 0 Å². The van der Waals surface area contributed by atoms with Crippen LogP contribution in [0.2, 0.25) is 0 Å². The van der Waals surface area contributed by atoms with Crippen molar-refractivity contribution >= 4 is 39.5 Å². The number of phosphoric ester groups is 2. The van der Waals surface area contributed by atoms with Crippen molar-refractivity contribution in [2.45, 2.75) is 431 Å². The summed E-state index contributed by atoms with van der Waals surface area (Å²) in [5, 5.41) is 10.7. The third-order valence-electron chi connectivity index (χ3n) is 18.8. The van der Waals surface area contributed by atoms with Crippen LogP contribution in [0.4, 0.5) is 0 Å². The first-order chi connectivity index (χ1) is 50.7. The Morgan fingerprint density at radius 1 is 0.269 bits per heavy atom. The van der Waals surface area contributed by atoms with Crippen molar-refractivity contribution in [1.82, 2.24) is 0 Å². The van der Waals surface area contributed by atoms with Crippen LogP contribution in [-0.4, -0.2) is 96.7 Å². The van der Waals surface area contributed by atoms with Gasteiger partial charge in [-0.3, -0.25) is 37.3 Å². The molecule has 0 spiro atoms. The molecule has 0 aliphatic carbocycles. The minimum absolute atomic E-state index is 0.0259. The van der Waals surface area contributed by atoms with Crippen LogP contribution < -0.4 is 0 Å². The Balaban J connectivity index is 5.35. The molecular weight excluding hydrogens is 1350 g/mol. The lowest BCUT2D eigenvalue weighted by molar-refractivity contribution is -0.161. The normalized spacial score (nSPS) is 14.0. The molecule has 17 nitrogen and oxygen atoms in total. The van der Waals surface area contributed by atoms with Crippen molar-refractivity contribution in [3.63, 3.8) is 0 Å². The van der Waals surface area contributed by atoms with Gasteiger partial charge in [0, 0.05) is 25.7 Å². The maximum absolute atomic E-state index is 13.1. The first kappa shape index (κ1) is 101. The molecule has 0 bridgehead atoms. The van der Waals surface area contributed by atoms with Gasteiger partial charge in [0.2, 0.25) is 0 Å². The zero-order chi connectivity index (χ0) is 76.0. The molecule has 0 aliphatic heterocycles. The topological polar surface area (TPSA) is 237 Å². The largest absolute Gasteiger partial charge is 0.472 e. The van der Waals surface area contributed by atoms with Crippen LogP contribution in [0.1, 0.15) is 413 Å². The lowest BCUT2D eigenvalue weighted by Crippen LogP contribution is -2.30. The minimum atomic E-state index is -4.98. The van der Waals surface area contributed by atoms with E-state index in [1.165, 1.54) is 238 Å². The molecule has 5 atom stereocenters. The summed E-state index contributed by atoms with van der Waals surface area (Å²) in [6.07, 6.45) is 77.9. The van der Waals surface area contributed by atoms with Gasteiger partial charge in [-0.05, 0) is 64.2 Å². The van der Waals surface area contributed by atoms with Crippen LogP contribution in [-0.2, 0) is 65.4 Å². The Morgan fingerprint density at radius 3 is 0.760 bits per heavy atom. The summed E-state index contributed by atoms with van der Waals surface area (Å²) in [6.45, 7) is 4.91. The highest BCUT2D eigenvalue weighted by atomic mass is 31.2. The number of hydrogen-bond donors (Lipinski definition) is 3. The van der Waals surface area contributed by atoms with E-state index in [0.29, 0.717) is 32.1 Å². The van der Waals surface area contributed by atoms with Crippen LogP contribution in [0.15, 0.2) is 48.6 Å². The molecule has 0 fully saturated rings. The van der Waals surface area contributed by atoms with E-state index in [0.717, 1.165) is 89.9 Å². The quantitative estimate of drug-likeness (QED) is 0.0169. The third-order valence-corrected chi connectivity index (χ3v) is 20.7. The first-order valence-electron chi connectivity index (χ1n) is 42.9. The molecule has 0 heterocycles. The van der Waals surface area contributed by atoms with Crippen LogP contribution >= 0.6 is 15.6 Å². The number of carbonyl (C=O) groups is 4. The van der Waals surface area contributed by atoms with Gasteiger partial charge in [0.25, 0.3) is 0 Å². The monoisotopic (exact) mass is 1510 g/mol. The average Bonchev–Trinajstić information content (AvgIpc) is 1.04. The number of hydrogen-bond acceptors (Lipinski definition) is 15. The molecule has 0 amide bonds. The van der Waals surface area contributed by atoms with E-state index in [1.54, 1.807) is 0 Å². The minimum Gasteiger partial charge on any atom is -0.462 e. The van der Waals surface area contributed by atoms with Gasteiger partial charge in [-0.25, -0.2) is 9.13 Å². The second kappa shape index (κ2) is 78.2. The van der Waals surface area contributed by atoms with Gasteiger partial charge in [-0.15, -0.1) is 0 Å². The second-order valence-electron chi connectivity index (χ2n) is 29.2. The van der Waals surface area contributed by atoms with E-state index in [1.807, 2.05) is 12.2 Å². The van der Waals surface area contributed by atoms with Gasteiger partial charge in [0.05, 0.1) is 26.4 Å². The average molecular weight is 1510 g/mol. The van der Waals surface area contributed by atoms with Gasteiger partial charge in [0.15, 0.2) is 12.2 Å². The summed E-state index contributed by atoms with van der Waals surface area (Å²) in [6, 6.07) is 0. The molecule has 0 aliphatic rings. The summed E-state index contributed by atoms with van der Waals surface area (Å²) < 4.78 is 68.8. The molecule has 19 heteroatoms. The molecule has 3 N–H and O–H groups in total. The van der Waals surface area contributed by atoms with E-state index in [-0.39, 0.29) is 25.7 Å². The van der Waals surface area contributed by atoms with Gasteiger partial charge in [-0.1, -0.05) is 372 Å². The highest BCUT2D eigenvalue weighted by Gasteiger charge is 2.30. The Bertz CT molecular complexity index is 2150. The van der Waals surface area contributed by atoms with Crippen molar-refractivity contribution in [3.8, 4) is 0 Å². The fourth-order valence-electron chi connectivity index (χ4n) is 12.3. The van der Waals surface area contributed by atoms with E-state index in [4.69, 9.17) is 37.0 Å². The molecule has 0 aromatic heterocycles. The number of phosphoric acid groups is 2. The van der Waals surface area contributed by atoms with Crippen molar-refractivity contribution < 1.29 is 80.2 Å². The van der Waals surface area contributed by atoms with Gasteiger partial charge < -0.3 is 33.8 Å². The number of aliphatic hydroxyl groups is 1. The highest BCUT2D eigenvalue weighted by Crippen LogP contribution is 2.45.